The number of likely N-dealkylation sites (N-methyl/N-ethyl adjacent to an activating group) is 1. The van der Waals surface area contributed by atoms with Crippen LogP contribution in [0.15, 0.2) is 35.5 Å². The molecule has 0 aliphatic carbocycles. The standard InChI is InChI=1S/C27H29N5O8S/c1-32(2,12-6-11-28)13-15-14-41-25-20(24(36)31(25)21(15)27(39)40)29-19(33)10-5-9-18(26(37)38)30-22(34)16-7-3-4-8-17(16)23(30)35/h3-4,7-8,18,20,25H,5-6,9-10,12-14H2,1-2H3,(H2-,29,33,37,38,39,40)/p+1/t18?,20-,25+/m1/s1. The molecule has 3 heterocycles. The number of nitrogens with zero attached hydrogens (tertiary/aromatic N) is 4. The third kappa shape index (κ3) is 5.82. The van der Waals surface area contributed by atoms with E-state index in [1.54, 1.807) is 12.1 Å². The highest BCUT2D eigenvalue weighted by molar-refractivity contribution is 8.00. The fraction of sp³-hybridized carbons (Fsp3) is 0.444. The number of carbonyl (C=O) groups is 6. The van der Waals surface area contributed by atoms with Crippen LogP contribution >= 0.6 is 11.8 Å². The van der Waals surface area contributed by atoms with Gasteiger partial charge in [0.1, 0.15) is 29.7 Å². The van der Waals surface area contributed by atoms with Crippen LogP contribution in [-0.2, 0) is 19.2 Å². The van der Waals surface area contributed by atoms with E-state index in [0.717, 1.165) is 0 Å². The topological polar surface area (TPSA) is 185 Å². The zero-order chi connectivity index (χ0) is 30.1. The first-order chi connectivity index (χ1) is 19.4. The molecule has 1 fully saturated rings. The fourth-order valence-corrected chi connectivity index (χ4v) is 6.64. The van der Waals surface area contributed by atoms with Crippen LogP contribution in [0.1, 0.15) is 46.4 Å². The van der Waals surface area contributed by atoms with E-state index in [9.17, 15) is 39.0 Å². The highest BCUT2D eigenvalue weighted by Gasteiger charge is 2.54. The van der Waals surface area contributed by atoms with Crippen molar-refractivity contribution in [2.45, 2.75) is 43.1 Å². The van der Waals surface area contributed by atoms with Crippen molar-refractivity contribution < 1.29 is 43.5 Å². The molecule has 0 radical (unpaired) electrons. The molecule has 1 aromatic rings. The van der Waals surface area contributed by atoms with Crippen molar-refractivity contribution >= 4 is 47.3 Å². The molecule has 1 unspecified atom stereocenters. The Kier molecular flexibility index (Phi) is 8.50. The summed E-state index contributed by atoms with van der Waals surface area (Å²) in [6, 6.07) is 5.75. The Morgan fingerprint density at radius 1 is 1.15 bits per heavy atom. The van der Waals surface area contributed by atoms with Crippen LogP contribution in [0.3, 0.4) is 0 Å². The number of aliphatic carboxylic acids is 2. The maximum absolute atomic E-state index is 12.9. The van der Waals surface area contributed by atoms with Crippen LogP contribution in [-0.4, -0.2) is 110 Å². The van der Waals surface area contributed by atoms with E-state index in [4.69, 9.17) is 5.26 Å². The molecule has 1 saturated heterocycles. The average molecular weight is 585 g/mol. The molecule has 41 heavy (non-hydrogen) atoms. The van der Waals surface area contributed by atoms with Gasteiger partial charge in [0.25, 0.3) is 17.7 Å². The van der Waals surface area contributed by atoms with E-state index in [2.05, 4.69) is 11.4 Å². The minimum absolute atomic E-state index is 0.0266. The molecular formula is C27H30N5O8S+. The summed E-state index contributed by atoms with van der Waals surface area (Å²) in [5.41, 5.74) is 0.731. The zero-order valence-corrected chi connectivity index (χ0v) is 23.3. The largest absolute Gasteiger partial charge is 0.480 e. The maximum atomic E-state index is 12.9. The number of benzene rings is 1. The van der Waals surface area contributed by atoms with Crippen LogP contribution in [0.4, 0.5) is 0 Å². The van der Waals surface area contributed by atoms with Gasteiger partial charge < -0.3 is 20.0 Å². The van der Waals surface area contributed by atoms with Crippen molar-refractivity contribution in [1.82, 2.24) is 15.1 Å². The maximum Gasteiger partial charge on any atom is 0.352 e. The van der Waals surface area contributed by atoms with Gasteiger partial charge in [-0.05, 0) is 25.0 Å². The Labute approximate surface area is 240 Å². The quantitative estimate of drug-likeness (QED) is 0.179. The lowest BCUT2D eigenvalue weighted by molar-refractivity contribution is -0.885. The van der Waals surface area contributed by atoms with E-state index >= 15 is 0 Å². The molecule has 14 heteroatoms. The molecule has 0 bridgehead atoms. The van der Waals surface area contributed by atoms with E-state index in [1.807, 2.05) is 14.1 Å². The number of carboxylic acids is 2. The van der Waals surface area contributed by atoms with Crippen molar-refractivity contribution in [1.29, 1.82) is 5.26 Å². The van der Waals surface area contributed by atoms with Gasteiger partial charge in [0.2, 0.25) is 5.91 Å². The minimum Gasteiger partial charge on any atom is -0.480 e. The predicted octanol–water partition coefficient (Wildman–Crippen LogP) is 0.635. The Morgan fingerprint density at radius 3 is 2.34 bits per heavy atom. The van der Waals surface area contributed by atoms with Gasteiger partial charge in [-0.2, -0.15) is 5.26 Å². The third-order valence-corrected chi connectivity index (χ3v) is 8.66. The number of hydrogen-bond acceptors (Lipinski definition) is 8. The number of hydrogen-bond donors (Lipinski definition) is 3. The summed E-state index contributed by atoms with van der Waals surface area (Å²) >= 11 is 1.34. The third-order valence-electron chi connectivity index (χ3n) is 7.32. The Hall–Kier alpha value is -4.22. The van der Waals surface area contributed by atoms with Crippen molar-refractivity contribution in [3.63, 3.8) is 0 Å². The lowest BCUT2D eigenvalue weighted by Gasteiger charge is -2.49. The number of carbonyl (C=O) groups excluding carboxylic acids is 4. The summed E-state index contributed by atoms with van der Waals surface area (Å²) in [7, 11) is 3.76. The lowest BCUT2D eigenvalue weighted by atomic mass is 10.0. The van der Waals surface area contributed by atoms with Gasteiger partial charge in [-0.3, -0.25) is 29.0 Å². The van der Waals surface area contributed by atoms with Crippen molar-refractivity contribution in [2.24, 2.45) is 0 Å². The first kappa shape index (κ1) is 29.8. The lowest BCUT2D eigenvalue weighted by Crippen LogP contribution is -2.70. The second kappa shape index (κ2) is 11.7. The first-order valence-corrected chi connectivity index (χ1v) is 14.0. The van der Waals surface area contributed by atoms with Crippen LogP contribution in [0, 0.1) is 11.3 Å². The van der Waals surface area contributed by atoms with Gasteiger partial charge >= 0.3 is 11.9 Å². The zero-order valence-electron chi connectivity index (χ0n) is 22.5. The summed E-state index contributed by atoms with van der Waals surface area (Å²) < 4.78 is 0.380. The second-order valence-electron chi connectivity index (χ2n) is 10.7. The van der Waals surface area contributed by atoms with E-state index in [0.29, 0.717) is 40.2 Å². The number of imide groups is 1. The molecule has 3 N–H and O–H groups in total. The number of rotatable bonds is 12. The molecule has 0 saturated carbocycles. The molecule has 4 amide bonds. The van der Waals surface area contributed by atoms with Crippen molar-refractivity contribution in [2.75, 3.05) is 32.9 Å². The van der Waals surface area contributed by atoms with Crippen LogP contribution in [0.2, 0.25) is 0 Å². The van der Waals surface area contributed by atoms with E-state index in [1.165, 1.54) is 28.8 Å². The van der Waals surface area contributed by atoms with E-state index in [-0.39, 0.29) is 36.1 Å². The number of carboxylic acid groups (broad SMARTS) is 2. The highest BCUT2D eigenvalue weighted by atomic mass is 32.2. The molecule has 1 aromatic carbocycles. The second-order valence-corrected chi connectivity index (χ2v) is 11.8. The summed E-state index contributed by atoms with van der Waals surface area (Å²) in [5.74, 6) is -4.76. The van der Waals surface area contributed by atoms with E-state index < -0.39 is 53.0 Å². The molecular weight excluding hydrogens is 554 g/mol. The number of thioether (sulfide) groups is 1. The Morgan fingerprint density at radius 2 is 1.78 bits per heavy atom. The number of β-lactam (4-membered cyclic amide) rings is 1. The number of nitriles is 1. The number of nitrogens with one attached hydrogen (secondary N) is 1. The highest BCUT2D eigenvalue weighted by Crippen LogP contribution is 2.41. The molecule has 0 aromatic heterocycles. The van der Waals surface area contributed by atoms with Crippen molar-refractivity contribution in [3.8, 4) is 6.07 Å². The average Bonchev–Trinajstić information content (AvgIpc) is 3.17. The summed E-state index contributed by atoms with van der Waals surface area (Å²) in [6.45, 7) is 0.866. The predicted molar refractivity (Wildman–Crippen MR) is 144 cm³/mol. The molecule has 13 nitrogen and oxygen atoms in total. The van der Waals surface area contributed by atoms with Gasteiger partial charge in [0.05, 0.1) is 44.3 Å². The summed E-state index contributed by atoms with van der Waals surface area (Å²) in [5, 5.41) is 30.5. The van der Waals surface area contributed by atoms with Gasteiger partial charge in [-0.1, -0.05) is 12.1 Å². The summed E-state index contributed by atoms with van der Waals surface area (Å²) in [6.07, 6.45) is 0.0112. The summed E-state index contributed by atoms with van der Waals surface area (Å²) in [4.78, 5) is 76.9. The number of fused-ring (bicyclic) bond motifs is 2. The first-order valence-electron chi connectivity index (χ1n) is 13.0. The van der Waals surface area contributed by atoms with Crippen molar-refractivity contribution in [3.05, 3.63) is 46.7 Å². The van der Waals surface area contributed by atoms with Gasteiger partial charge in [0, 0.05) is 17.7 Å². The molecule has 216 valence electrons. The monoisotopic (exact) mass is 584 g/mol. The molecule has 3 aliphatic rings. The number of amides is 4. The Balaban J connectivity index is 1.35. The molecule has 3 aliphatic heterocycles. The smallest absolute Gasteiger partial charge is 0.352 e. The van der Waals surface area contributed by atoms with Gasteiger partial charge in [-0.15, -0.1) is 11.8 Å². The van der Waals surface area contributed by atoms with Crippen LogP contribution in [0.25, 0.3) is 0 Å². The van der Waals surface area contributed by atoms with Crippen LogP contribution in [0.5, 0.6) is 0 Å². The SMILES string of the molecule is C[N+](C)(CCC#N)CC1=C(C(=O)O)N2C(=O)[C@@H](NC(=O)CCCC(C(=O)O)N3C(=O)c4ccccc4C3=O)[C@@H]2SC1. The minimum atomic E-state index is -1.46. The molecule has 4 rings (SSSR count). The fourth-order valence-electron chi connectivity index (χ4n) is 5.31. The number of quaternary nitrogens is 1. The normalized spacial score (nSPS) is 20.7. The molecule has 3 atom stereocenters. The molecule has 0 spiro atoms. The van der Waals surface area contributed by atoms with Gasteiger partial charge in [-0.25, -0.2) is 9.59 Å². The Bertz CT molecular complexity index is 1360. The van der Waals surface area contributed by atoms with Crippen LogP contribution < -0.4 is 5.32 Å². The van der Waals surface area contributed by atoms with Gasteiger partial charge in [0.15, 0.2) is 0 Å².